The summed E-state index contributed by atoms with van der Waals surface area (Å²) in [7, 11) is 1.60. The summed E-state index contributed by atoms with van der Waals surface area (Å²) in [6, 6.07) is 16.0. The highest BCUT2D eigenvalue weighted by Gasteiger charge is 2.47. The van der Waals surface area contributed by atoms with E-state index in [-0.39, 0.29) is 11.3 Å². The maximum atomic E-state index is 13.1. The minimum atomic E-state index is -0.668. The molecule has 6 heteroatoms. The van der Waals surface area contributed by atoms with E-state index in [1.165, 1.54) is 0 Å². The van der Waals surface area contributed by atoms with Crippen molar-refractivity contribution in [1.82, 2.24) is 9.88 Å². The molecule has 3 aromatic rings. The molecule has 154 valence electrons. The van der Waals surface area contributed by atoms with Gasteiger partial charge in [0.1, 0.15) is 5.76 Å². The summed E-state index contributed by atoms with van der Waals surface area (Å²) in [5.74, 6) is -1.42. The number of benzene rings is 2. The van der Waals surface area contributed by atoms with Crippen LogP contribution in [-0.2, 0) is 14.3 Å². The van der Waals surface area contributed by atoms with Gasteiger partial charge in [0.05, 0.1) is 11.6 Å². The molecule has 2 heterocycles. The number of aryl methyl sites for hydroxylation is 1. The van der Waals surface area contributed by atoms with E-state index < -0.39 is 17.7 Å². The van der Waals surface area contributed by atoms with Gasteiger partial charge in [-0.2, -0.15) is 0 Å². The second kappa shape index (κ2) is 8.16. The topological polar surface area (TPSA) is 82.6 Å². The normalized spacial score (nSPS) is 18.5. The van der Waals surface area contributed by atoms with Gasteiger partial charge in [0, 0.05) is 48.0 Å². The zero-order valence-corrected chi connectivity index (χ0v) is 17.0. The molecule has 0 bridgehead atoms. The van der Waals surface area contributed by atoms with Gasteiger partial charge in [0.25, 0.3) is 11.7 Å². The van der Waals surface area contributed by atoms with Gasteiger partial charge in [-0.3, -0.25) is 9.59 Å². The van der Waals surface area contributed by atoms with Crippen molar-refractivity contribution in [1.29, 1.82) is 0 Å². The Hall–Kier alpha value is -3.38. The highest BCUT2D eigenvalue weighted by molar-refractivity contribution is 6.46. The minimum absolute atomic E-state index is 0.122. The number of aliphatic hydroxyl groups is 1. The Labute approximate surface area is 174 Å². The first-order valence-corrected chi connectivity index (χ1v) is 9.94. The van der Waals surface area contributed by atoms with Crippen LogP contribution in [0.15, 0.2) is 60.2 Å². The van der Waals surface area contributed by atoms with Gasteiger partial charge >= 0.3 is 0 Å². The molecule has 0 aliphatic carbocycles. The molecule has 2 N–H and O–H groups in total. The van der Waals surface area contributed by atoms with E-state index in [0.717, 1.165) is 22.2 Å². The number of ketones is 1. The second-order valence-corrected chi connectivity index (χ2v) is 7.41. The van der Waals surface area contributed by atoms with Crippen LogP contribution in [0, 0.1) is 6.92 Å². The molecule has 0 saturated carbocycles. The number of aliphatic hydroxyl groups excluding tert-OH is 1. The maximum absolute atomic E-state index is 13.1. The Morgan fingerprint density at radius 2 is 1.80 bits per heavy atom. The predicted octanol–water partition coefficient (Wildman–Crippen LogP) is 3.93. The van der Waals surface area contributed by atoms with Gasteiger partial charge in [-0.05, 0) is 19.4 Å². The number of hydrogen-bond acceptors (Lipinski definition) is 4. The highest BCUT2D eigenvalue weighted by Crippen LogP contribution is 2.43. The number of fused-ring (bicyclic) bond motifs is 1. The molecule has 1 aliphatic heterocycles. The first-order valence-electron chi connectivity index (χ1n) is 9.94. The zero-order valence-electron chi connectivity index (χ0n) is 17.0. The standard InChI is InChI=1S/C24H24N2O4/c1-15-19(17-11-6-7-12-18(17)25-15)21-20(22(27)16-9-4-3-5-10-16)23(28)24(29)26(21)13-8-14-30-2/h3-7,9-12,21,25,27H,8,13-14H2,1-2H3/b22-20+. The molecule has 1 atom stereocenters. The minimum Gasteiger partial charge on any atom is -0.507 e. The number of likely N-dealkylation sites (tertiary alicyclic amines) is 1. The first kappa shape index (κ1) is 19.9. The van der Waals surface area contributed by atoms with E-state index in [9.17, 15) is 14.7 Å². The Morgan fingerprint density at radius 1 is 1.10 bits per heavy atom. The summed E-state index contributed by atoms with van der Waals surface area (Å²) < 4.78 is 5.14. The monoisotopic (exact) mass is 404 g/mol. The Morgan fingerprint density at radius 3 is 2.53 bits per heavy atom. The predicted molar refractivity (Wildman–Crippen MR) is 115 cm³/mol. The third-order valence-electron chi connectivity index (χ3n) is 5.55. The van der Waals surface area contributed by atoms with Crippen molar-refractivity contribution < 1.29 is 19.4 Å². The van der Waals surface area contributed by atoms with E-state index in [4.69, 9.17) is 4.74 Å². The number of amides is 1. The number of para-hydroxylation sites is 1. The van der Waals surface area contributed by atoms with Gasteiger partial charge in [0.15, 0.2) is 0 Å². The quantitative estimate of drug-likeness (QED) is 0.282. The molecule has 30 heavy (non-hydrogen) atoms. The van der Waals surface area contributed by atoms with Crippen LogP contribution in [0.5, 0.6) is 0 Å². The van der Waals surface area contributed by atoms with E-state index in [2.05, 4.69) is 4.98 Å². The van der Waals surface area contributed by atoms with Gasteiger partial charge < -0.3 is 19.7 Å². The Kier molecular flexibility index (Phi) is 5.42. The number of aromatic amines is 1. The number of nitrogens with one attached hydrogen (secondary N) is 1. The first-order chi connectivity index (χ1) is 14.5. The Bertz CT molecular complexity index is 1130. The lowest BCUT2D eigenvalue weighted by atomic mass is 9.93. The number of H-pyrrole nitrogens is 1. The van der Waals surface area contributed by atoms with E-state index in [1.807, 2.05) is 37.3 Å². The van der Waals surface area contributed by atoms with Crippen molar-refractivity contribution in [3.8, 4) is 0 Å². The van der Waals surface area contributed by atoms with Crippen LogP contribution < -0.4 is 0 Å². The molecule has 1 fully saturated rings. The summed E-state index contributed by atoms with van der Waals surface area (Å²) in [4.78, 5) is 30.9. The SMILES string of the molecule is COCCCN1C(=O)C(=O)/C(=C(/O)c2ccccc2)C1c1c(C)[nH]c2ccccc12. The molecule has 1 unspecified atom stereocenters. The molecule has 1 aliphatic rings. The molecular weight excluding hydrogens is 380 g/mol. The fraction of sp³-hybridized carbons (Fsp3) is 0.250. The average molecular weight is 404 g/mol. The number of Topliss-reactive ketones (excluding diaryl/α,β-unsaturated/α-hetero) is 1. The number of aromatic nitrogens is 1. The fourth-order valence-corrected chi connectivity index (χ4v) is 4.19. The third kappa shape index (κ3) is 3.29. The maximum Gasteiger partial charge on any atom is 0.295 e. The summed E-state index contributed by atoms with van der Waals surface area (Å²) in [5, 5.41) is 12.0. The van der Waals surface area contributed by atoms with Crippen molar-refractivity contribution in [2.75, 3.05) is 20.3 Å². The molecule has 1 aromatic heterocycles. The van der Waals surface area contributed by atoms with Crippen molar-refractivity contribution in [3.63, 3.8) is 0 Å². The van der Waals surface area contributed by atoms with Crippen LogP contribution in [0.3, 0.4) is 0 Å². The van der Waals surface area contributed by atoms with Gasteiger partial charge in [-0.1, -0.05) is 48.5 Å². The lowest BCUT2D eigenvalue weighted by molar-refractivity contribution is -0.140. The van der Waals surface area contributed by atoms with Crippen LogP contribution in [0.1, 0.15) is 29.3 Å². The Balaban J connectivity index is 1.93. The van der Waals surface area contributed by atoms with E-state index in [0.29, 0.717) is 25.1 Å². The van der Waals surface area contributed by atoms with Gasteiger partial charge in [-0.25, -0.2) is 0 Å². The van der Waals surface area contributed by atoms with E-state index >= 15 is 0 Å². The molecule has 1 amide bonds. The van der Waals surface area contributed by atoms with Crippen molar-refractivity contribution in [2.24, 2.45) is 0 Å². The van der Waals surface area contributed by atoms with Gasteiger partial charge in [-0.15, -0.1) is 0 Å². The number of methoxy groups -OCH3 is 1. The third-order valence-corrected chi connectivity index (χ3v) is 5.55. The number of hydrogen-bond donors (Lipinski definition) is 2. The molecule has 0 radical (unpaired) electrons. The fourth-order valence-electron chi connectivity index (χ4n) is 4.19. The molecule has 0 spiro atoms. The zero-order chi connectivity index (χ0) is 21.3. The van der Waals surface area contributed by atoms with E-state index in [1.54, 1.807) is 36.3 Å². The lowest BCUT2D eigenvalue weighted by Gasteiger charge is -2.25. The summed E-state index contributed by atoms with van der Waals surface area (Å²) >= 11 is 0. The number of carbonyl (C=O) groups is 2. The molecule has 4 rings (SSSR count). The summed E-state index contributed by atoms with van der Waals surface area (Å²) in [6.07, 6.45) is 0.590. The molecule has 2 aromatic carbocycles. The summed E-state index contributed by atoms with van der Waals surface area (Å²) in [6.45, 7) is 2.75. The van der Waals surface area contributed by atoms with Crippen molar-refractivity contribution in [3.05, 3.63) is 77.0 Å². The summed E-state index contributed by atoms with van der Waals surface area (Å²) in [5.41, 5.74) is 3.25. The molecule has 1 saturated heterocycles. The van der Waals surface area contributed by atoms with Crippen LogP contribution >= 0.6 is 0 Å². The van der Waals surface area contributed by atoms with Crippen LogP contribution in [0.2, 0.25) is 0 Å². The van der Waals surface area contributed by atoms with Gasteiger partial charge in [0.2, 0.25) is 0 Å². The average Bonchev–Trinajstić information content (AvgIpc) is 3.21. The van der Waals surface area contributed by atoms with Crippen LogP contribution in [0.25, 0.3) is 16.7 Å². The smallest absolute Gasteiger partial charge is 0.295 e. The van der Waals surface area contributed by atoms with Crippen molar-refractivity contribution in [2.45, 2.75) is 19.4 Å². The molecule has 6 nitrogen and oxygen atoms in total. The van der Waals surface area contributed by atoms with Crippen molar-refractivity contribution >= 4 is 28.4 Å². The number of rotatable bonds is 6. The second-order valence-electron chi connectivity index (χ2n) is 7.41. The van der Waals surface area contributed by atoms with Crippen LogP contribution in [-0.4, -0.2) is 46.9 Å². The molecular formula is C24H24N2O4. The van der Waals surface area contributed by atoms with Crippen LogP contribution in [0.4, 0.5) is 0 Å². The largest absolute Gasteiger partial charge is 0.507 e. The number of carbonyl (C=O) groups excluding carboxylic acids is 2. The highest BCUT2D eigenvalue weighted by atomic mass is 16.5. The number of nitrogens with zero attached hydrogens (tertiary/aromatic N) is 1. The number of ether oxygens (including phenoxy) is 1. The lowest BCUT2D eigenvalue weighted by Crippen LogP contribution is -2.31.